The predicted molar refractivity (Wildman–Crippen MR) is 78.9 cm³/mol. The summed E-state index contributed by atoms with van der Waals surface area (Å²) in [7, 11) is 1.29. The third kappa shape index (κ3) is 3.48. The van der Waals surface area contributed by atoms with Crippen LogP contribution in [0.2, 0.25) is 0 Å². The summed E-state index contributed by atoms with van der Waals surface area (Å²) in [5, 5.41) is 24.6. The summed E-state index contributed by atoms with van der Waals surface area (Å²) in [5.74, 6) is -0.675. The van der Waals surface area contributed by atoms with Crippen molar-refractivity contribution in [3.63, 3.8) is 0 Å². The van der Waals surface area contributed by atoms with E-state index in [2.05, 4.69) is 10.5 Å². The topological polar surface area (TPSA) is 97.0 Å². The molecule has 7 nitrogen and oxygen atoms in total. The number of nitro benzene ring substituents is 1. The number of hydrogen-bond acceptors (Lipinski definition) is 6. The lowest BCUT2D eigenvalue weighted by Gasteiger charge is -2.06. The summed E-state index contributed by atoms with van der Waals surface area (Å²) >= 11 is 0. The highest BCUT2D eigenvalue weighted by molar-refractivity contribution is 5.86. The molecule has 0 aliphatic heterocycles. The number of methoxy groups -OCH3 is 1. The van der Waals surface area contributed by atoms with Gasteiger partial charge in [-0.05, 0) is 24.3 Å². The van der Waals surface area contributed by atoms with E-state index < -0.39 is 4.92 Å². The minimum absolute atomic E-state index is 0.0302. The molecular formula is C14H12FN3O4. The molecule has 22 heavy (non-hydrogen) atoms. The number of halogens is 1. The number of hydrogen-bond donors (Lipinski definition) is 2. The fourth-order valence-electron chi connectivity index (χ4n) is 1.67. The molecule has 0 aliphatic carbocycles. The van der Waals surface area contributed by atoms with Crippen LogP contribution in [-0.2, 0) is 0 Å². The van der Waals surface area contributed by atoms with E-state index in [0.29, 0.717) is 5.69 Å². The number of nitrogens with zero attached hydrogens (tertiary/aromatic N) is 2. The molecule has 0 radical (unpaired) electrons. The van der Waals surface area contributed by atoms with E-state index >= 15 is 0 Å². The van der Waals surface area contributed by atoms with E-state index in [9.17, 15) is 19.6 Å². The number of benzene rings is 2. The van der Waals surface area contributed by atoms with Crippen molar-refractivity contribution in [3.8, 4) is 11.5 Å². The zero-order chi connectivity index (χ0) is 16.1. The molecule has 0 bridgehead atoms. The lowest BCUT2D eigenvalue weighted by atomic mass is 10.2. The Kier molecular flexibility index (Phi) is 4.52. The number of nitrogens with one attached hydrogen (secondary N) is 1. The maximum atomic E-state index is 12.8. The largest absolute Gasteiger partial charge is 0.504 e. The fraction of sp³-hybridized carbons (Fsp3) is 0.0714. The zero-order valence-corrected chi connectivity index (χ0v) is 11.5. The van der Waals surface area contributed by atoms with E-state index in [4.69, 9.17) is 4.74 Å². The van der Waals surface area contributed by atoms with Crippen molar-refractivity contribution in [3.05, 3.63) is 57.9 Å². The third-order valence-corrected chi connectivity index (χ3v) is 2.76. The molecule has 0 heterocycles. The first-order valence-corrected chi connectivity index (χ1v) is 6.11. The van der Waals surface area contributed by atoms with Gasteiger partial charge in [-0.3, -0.25) is 15.5 Å². The number of hydrazone groups is 1. The molecule has 0 spiro atoms. The standard InChI is InChI=1S/C14H12FN3O4/c1-22-13-7-12(18(20)21)6-9(14(13)19)8-16-17-11-4-2-10(15)3-5-11/h2-8,17,19H,1H3. The molecule has 0 saturated heterocycles. The Bertz CT molecular complexity index is 717. The Morgan fingerprint density at radius 2 is 2.05 bits per heavy atom. The Morgan fingerprint density at radius 3 is 2.64 bits per heavy atom. The predicted octanol–water partition coefficient (Wildman–Crippen LogP) is 2.89. The van der Waals surface area contributed by atoms with Gasteiger partial charge in [0.1, 0.15) is 5.82 Å². The van der Waals surface area contributed by atoms with Gasteiger partial charge >= 0.3 is 0 Å². The average Bonchev–Trinajstić information content (AvgIpc) is 2.50. The van der Waals surface area contributed by atoms with Crippen LogP contribution in [0.1, 0.15) is 5.56 Å². The van der Waals surface area contributed by atoms with Gasteiger partial charge in [-0.25, -0.2) is 4.39 Å². The number of phenols is 1. The van der Waals surface area contributed by atoms with Crippen LogP contribution in [0.4, 0.5) is 15.8 Å². The van der Waals surface area contributed by atoms with E-state index in [0.717, 1.165) is 12.1 Å². The monoisotopic (exact) mass is 305 g/mol. The van der Waals surface area contributed by atoms with Crippen LogP contribution in [0.25, 0.3) is 0 Å². The zero-order valence-electron chi connectivity index (χ0n) is 11.5. The third-order valence-electron chi connectivity index (χ3n) is 2.76. The summed E-state index contributed by atoms with van der Waals surface area (Å²) in [4.78, 5) is 10.2. The molecule has 114 valence electrons. The molecular weight excluding hydrogens is 293 g/mol. The van der Waals surface area contributed by atoms with Crippen molar-refractivity contribution in [2.75, 3.05) is 12.5 Å². The van der Waals surface area contributed by atoms with Crippen molar-refractivity contribution in [2.24, 2.45) is 5.10 Å². The molecule has 0 fully saturated rings. The number of rotatable bonds is 5. The molecule has 2 aromatic carbocycles. The lowest BCUT2D eigenvalue weighted by Crippen LogP contribution is -1.96. The maximum absolute atomic E-state index is 12.8. The van der Waals surface area contributed by atoms with Gasteiger partial charge in [-0.1, -0.05) is 0 Å². The number of ether oxygens (including phenoxy) is 1. The Morgan fingerprint density at radius 1 is 1.36 bits per heavy atom. The van der Waals surface area contributed by atoms with Crippen LogP contribution in [0, 0.1) is 15.9 Å². The summed E-state index contributed by atoms with van der Waals surface area (Å²) in [6.45, 7) is 0. The van der Waals surface area contributed by atoms with Crippen molar-refractivity contribution < 1.29 is 19.2 Å². The second kappa shape index (κ2) is 6.53. The van der Waals surface area contributed by atoms with E-state index in [1.54, 1.807) is 0 Å². The highest BCUT2D eigenvalue weighted by Gasteiger charge is 2.15. The number of anilines is 1. The maximum Gasteiger partial charge on any atom is 0.274 e. The highest BCUT2D eigenvalue weighted by atomic mass is 19.1. The fourth-order valence-corrected chi connectivity index (χ4v) is 1.67. The van der Waals surface area contributed by atoms with Crippen molar-refractivity contribution in [1.29, 1.82) is 0 Å². The van der Waals surface area contributed by atoms with Gasteiger partial charge in [0.25, 0.3) is 5.69 Å². The molecule has 8 heteroatoms. The van der Waals surface area contributed by atoms with E-state index in [1.165, 1.54) is 37.6 Å². The van der Waals surface area contributed by atoms with Crippen molar-refractivity contribution >= 4 is 17.6 Å². The first-order valence-electron chi connectivity index (χ1n) is 6.11. The number of phenolic OH excluding ortho intramolecular Hbond substituents is 1. The van der Waals surface area contributed by atoms with Gasteiger partial charge in [0.15, 0.2) is 11.5 Å². The van der Waals surface area contributed by atoms with Gasteiger partial charge in [0.2, 0.25) is 0 Å². The molecule has 0 atom stereocenters. The Balaban J connectivity index is 2.24. The van der Waals surface area contributed by atoms with E-state index in [-0.39, 0.29) is 28.6 Å². The van der Waals surface area contributed by atoms with Gasteiger partial charge in [0, 0.05) is 11.6 Å². The second-order valence-electron chi connectivity index (χ2n) is 4.22. The van der Waals surface area contributed by atoms with Crippen LogP contribution in [0.15, 0.2) is 41.5 Å². The van der Waals surface area contributed by atoms with E-state index in [1.807, 2.05) is 0 Å². The van der Waals surface area contributed by atoms with Crippen LogP contribution in [0.3, 0.4) is 0 Å². The van der Waals surface area contributed by atoms with Crippen LogP contribution >= 0.6 is 0 Å². The lowest BCUT2D eigenvalue weighted by molar-refractivity contribution is -0.385. The minimum atomic E-state index is -0.604. The quantitative estimate of drug-likeness (QED) is 0.503. The molecule has 0 saturated carbocycles. The number of nitro groups is 1. The summed E-state index contributed by atoms with van der Waals surface area (Å²) in [5.41, 5.74) is 3.01. The van der Waals surface area contributed by atoms with Crippen LogP contribution in [0.5, 0.6) is 11.5 Å². The Hall–Kier alpha value is -3.16. The molecule has 2 rings (SSSR count). The molecule has 2 aromatic rings. The molecule has 0 unspecified atom stereocenters. The van der Waals surface area contributed by atoms with Crippen LogP contribution in [-0.4, -0.2) is 23.4 Å². The minimum Gasteiger partial charge on any atom is -0.504 e. The van der Waals surface area contributed by atoms with Crippen molar-refractivity contribution in [2.45, 2.75) is 0 Å². The van der Waals surface area contributed by atoms with Crippen molar-refractivity contribution in [1.82, 2.24) is 0 Å². The SMILES string of the molecule is COc1cc([N+](=O)[O-])cc(C=NNc2ccc(F)cc2)c1O. The average molecular weight is 305 g/mol. The molecule has 2 N–H and O–H groups in total. The van der Waals surface area contributed by atoms with Crippen LogP contribution < -0.4 is 10.2 Å². The summed E-state index contributed by atoms with van der Waals surface area (Å²) < 4.78 is 17.6. The first-order chi connectivity index (χ1) is 10.5. The molecule has 0 amide bonds. The highest BCUT2D eigenvalue weighted by Crippen LogP contribution is 2.33. The normalized spacial score (nSPS) is 10.6. The van der Waals surface area contributed by atoms with Gasteiger partial charge in [0.05, 0.1) is 30.0 Å². The Labute approximate surface area is 124 Å². The van der Waals surface area contributed by atoms with Gasteiger partial charge < -0.3 is 9.84 Å². The van der Waals surface area contributed by atoms with Gasteiger partial charge in [-0.15, -0.1) is 0 Å². The second-order valence-corrected chi connectivity index (χ2v) is 4.22. The molecule has 0 aliphatic rings. The summed E-state index contributed by atoms with van der Waals surface area (Å²) in [6.07, 6.45) is 1.20. The number of aromatic hydroxyl groups is 1. The molecule has 0 aromatic heterocycles. The number of non-ortho nitro benzene ring substituents is 1. The summed E-state index contributed by atoms with van der Waals surface area (Å²) in [6, 6.07) is 7.73. The van der Waals surface area contributed by atoms with Gasteiger partial charge in [-0.2, -0.15) is 5.10 Å². The smallest absolute Gasteiger partial charge is 0.274 e. The first kappa shape index (κ1) is 15.2.